The van der Waals surface area contributed by atoms with Gasteiger partial charge in [-0.15, -0.1) is 0 Å². The summed E-state index contributed by atoms with van der Waals surface area (Å²) in [7, 11) is -3.58. The number of benzene rings is 2. The predicted molar refractivity (Wildman–Crippen MR) is 86.1 cm³/mol. The summed E-state index contributed by atoms with van der Waals surface area (Å²) < 4.78 is 27.9. The molecule has 118 valence electrons. The van der Waals surface area contributed by atoms with Gasteiger partial charge in [-0.2, -0.15) is 0 Å². The van der Waals surface area contributed by atoms with Crippen LogP contribution in [0.5, 0.6) is 0 Å². The number of sulfonamides is 1. The molecule has 6 heteroatoms. The van der Waals surface area contributed by atoms with Gasteiger partial charge in [0.15, 0.2) is 0 Å². The minimum Gasteiger partial charge on any atom is -0.396 e. The SMILES string of the molecule is O=S(=O)(N[C@@H]1CCNC[C@@H]1CO)c1ccc2ccccc2c1. The molecule has 5 nitrogen and oxygen atoms in total. The number of piperidine rings is 1. The van der Waals surface area contributed by atoms with E-state index in [1.807, 2.05) is 30.3 Å². The number of aliphatic hydroxyl groups is 1. The van der Waals surface area contributed by atoms with Crippen LogP contribution in [-0.4, -0.2) is 39.3 Å². The Morgan fingerprint density at radius 1 is 1.18 bits per heavy atom. The van der Waals surface area contributed by atoms with Gasteiger partial charge in [-0.1, -0.05) is 30.3 Å². The molecule has 0 radical (unpaired) electrons. The normalized spacial score (nSPS) is 22.8. The summed E-state index contributed by atoms with van der Waals surface area (Å²) in [5.41, 5.74) is 0. The van der Waals surface area contributed by atoms with Crippen LogP contribution in [0.2, 0.25) is 0 Å². The Morgan fingerprint density at radius 3 is 2.73 bits per heavy atom. The van der Waals surface area contributed by atoms with Gasteiger partial charge in [0.2, 0.25) is 10.0 Å². The molecule has 1 aliphatic rings. The fourth-order valence-corrected chi connectivity index (χ4v) is 4.25. The Bertz CT molecular complexity index is 761. The molecule has 1 aliphatic heterocycles. The van der Waals surface area contributed by atoms with Crippen molar-refractivity contribution in [1.82, 2.24) is 10.0 Å². The summed E-state index contributed by atoms with van der Waals surface area (Å²) in [5, 5.41) is 14.5. The maximum Gasteiger partial charge on any atom is 0.240 e. The third-order valence-corrected chi connectivity index (χ3v) is 5.67. The number of fused-ring (bicyclic) bond motifs is 1. The van der Waals surface area contributed by atoms with Crippen molar-refractivity contribution in [3.8, 4) is 0 Å². The van der Waals surface area contributed by atoms with Gasteiger partial charge in [0.1, 0.15) is 0 Å². The van der Waals surface area contributed by atoms with E-state index in [0.29, 0.717) is 13.0 Å². The Kier molecular flexibility index (Phi) is 4.44. The van der Waals surface area contributed by atoms with Gasteiger partial charge in [-0.3, -0.25) is 0 Å². The molecule has 2 aromatic rings. The fourth-order valence-electron chi connectivity index (χ4n) is 2.87. The minimum absolute atomic E-state index is 0.0299. The second-order valence-electron chi connectivity index (χ2n) is 5.67. The Hall–Kier alpha value is -1.47. The predicted octanol–water partition coefficient (Wildman–Crippen LogP) is 1.09. The van der Waals surface area contributed by atoms with Crippen LogP contribution in [0.4, 0.5) is 0 Å². The molecule has 3 rings (SSSR count). The molecular weight excluding hydrogens is 300 g/mol. The van der Waals surface area contributed by atoms with Crippen molar-refractivity contribution in [2.75, 3.05) is 19.7 Å². The second kappa shape index (κ2) is 6.34. The first-order valence-electron chi connectivity index (χ1n) is 7.43. The highest BCUT2D eigenvalue weighted by molar-refractivity contribution is 7.89. The van der Waals surface area contributed by atoms with Crippen molar-refractivity contribution >= 4 is 20.8 Å². The summed E-state index contributed by atoms with van der Waals surface area (Å²) in [6.07, 6.45) is 0.679. The average Bonchev–Trinajstić information content (AvgIpc) is 2.54. The molecule has 0 unspecified atom stereocenters. The van der Waals surface area contributed by atoms with E-state index in [4.69, 9.17) is 0 Å². The van der Waals surface area contributed by atoms with E-state index >= 15 is 0 Å². The zero-order chi connectivity index (χ0) is 15.6. The fraction of sp³-hybridized carbons (Fsp3) is 0.375. The van der Waals surface area contributed by atoms with Crippen molar-refractivity contribution < 1.29 is 13.5 Å². The first-order valence-corrected chi connectivity index (χ1v) is 8.91. The van der Waals surface area contributed by atoms with E-state index in [1.54, 1.807) is 12.1 Å². The van der Waals surface area contributed by atoms with Crippen LogP contribution in [0.1, 0.15) is 6.42 Å². The molecular formula is C16H20N2O3S. The highest BCUT2D eigenvalue weighted by Crippen LogP contribution is 2.20. The van der Waals surface area contributed by atoms with Crippen molar-refractivity contribution in [3.63, 3.8) is 0 Å². The highest BCUT2D eigenvalue weighted by atomic mass is 32.2. The van der Waals surface area contributed by atoms with Gasteiger partial charge in [0.05, 0.1) is 4.90 Å². The molecule has 2 atom stereocenters. The van der Waals surface area contributed by atoms with Gasteiger partial charge in [0.25, 0.3) is 0 Å². The summed E-state index contributed by atoms with van der Waals surface area (Å²) >= 11 is 0. The number of hydrogen-bond acceptors (Lipinski definition) is 4. The van der Waals surface area contributed by atoms with E-state index in [-0.39, 0.29) is 23.5 Å². The number of aliphatic hydroxyl groups excluding tert-OH is 1. The summed E-state index contributed by atoms with van der Waals surface area (Å²) in [4.78, 5) is 0.265. The van der Waals surface area contributed by atoms with Crippen molar-refractivity contribution in [3.05, 3.63) is 42.5 Å². The lowest BCUT2D eigenvalue weighted by Crippen LogP contribution is -2.50. The number of rotatable bonds is 4. The third kappa shape index (κ3) is 3.15. The van der Waals surface area contributed by atoms with Crippen LogP contribution in [-0.2, 0) is 10.0 Å². The van der Waals surface area contributed by atoms with Gasteiger partial charge in [-0.05, 0) is 35.9 Å². The zero-order valence-corrected chi connectivity index (χ0v) is 13.0. The smallest absolute Gasteiger partial charge is 0.240 e. The summed E-state index contributed by atoms with van der Waals surface area (Å²) in [6, 6.07) is 12.6. The molecule has 0 amide bonds. The minimum atomic E-state index is -3.58. The van der Waals surface area contributed by atoms with Crippen LogP contribution in [0.25, 0.3) is 10.8 Å². The zero-order valence-electron chi connectivity index (χ0n) is 12.2. The number of nitrogens with one attached hydrogen (secondary N) is 2. The molecule has 22 heavy (non-hydrogen) atoms. The lowest BCUT2D eigenvalue weighted by atomic mass is 9.95. The van der Waals surface area contributed by atoms with Gasteiger partial charge < -0.3 is 10.4 Å². The van der Waals surface area contributed by atoms with Crippen molar-refractivity contribution in [2.24, 2.45) is 5.92 Å². The molecule has 0 bridgehead atoms. The van der Waals surface area contributed by atoms with E-state index in [9.17, 15) is 13.5 Å². The lowest BCUT2D eigenvalue weighted by molar-refractivity contribution is 0.174. The molecule has 0 saturated carbocycles. The summed E-state index contributed by atoms with van der Waals surface area (Å²) in [5.74, 6) is -0.0935. The van der Waals surface area contributed by atoms with E-state index in [0.717, 1.165) is 17.3 Å². The monoisotopic (exact) mass is 320 g/mol. The van der Waals surface area contributed by atoms with Crippen LogP contribution in [0, 0.1) is 5.92 Å². The first kappa shape index (κ1) is 15.4. The second-order valence-corrected chi connectivity index (χ2v) is 7.39. The molecule has 3 N–H and O–H groups in total. The standard InChI is InChI=1S/C16H20N2O3S/c19-11-14-10-17-8-7-16(14)18-22(20,21)15-6-5-12-3-1-2-4-13(12)9-15/h1-6,9,14,16-19H,7-8,10-11H2/t14-,16-/m1/s1. The van der Waals surface area contributed by atoms with E-state index < -0.39 is 10.0 Å². The molecule has 0 spiro atoms. The molecule has 2 aromatic carbocycles. The van der Waals surface area contributed by atoms with Crippen LogP contribution in [0.3, 0.4) is 0 Å². The Balaban J connectivity index is 1.87. The topological polar surface area (TPSA) is 78.4 Å². The Morgan fingerprint density at radius 2 is 1.95 bits per heavy atom. The van der Waals surface area contributed by atoms with Gasteiger partial charge >= 0.3 is 0 Å². The number of hydrogen-bond donors (Lipinski definition) is 3. The molecule has 1 heterocycles. The highest BCUT2D eigenvalue weighted by Gasteiger charge is 2.29. The largest absolute Gasteiger partial charge is 0.396 e. The van der Waals surface area contributed by atoms with Crippen LogP contribution < -0.4 is 10.0 Å². The van der Waals surface area contributed by atoms with Crippen LogP contribution in [0.15, 0.2) is 47.4 Å². The van der Waals surface area contributed by atoms with E-state index in [2.05, 4.69) is 10.0 Å². The van der Waals surface area contributed by atoms with Crippen LogP contribution >= 0.6 is 0 Å². The molecule has 0 aromatic heterocycles. The summed E-state index contributed by atoms with van der Waals surface area (Å²) in [6.45, 7) is 1.35. The lowest BCUT2D eigenvalue weighted by Gasteiger charge is -2.31. The quantitative estimate of drug-likeness (QED) is 0.788. The van der Waals surface area contributed by atoms with Crippen molar-refractivity contribution in [2.45, 2.75) is 17.4 Å². The maximum atomic E-state index is 12.6. The molecule has 1 saturated heterocycles. The van der Waals surface area contributed by atoms with E-state index in [1.165, 1.54) is 0 Å². The maximum absolute atomic E-state index is 12.6. The van der Waals surface area contributed by atoms with Crippen molar-refractivity contribution in [1.29, 1.82) is 0 Å². The van der Waals surface area contributed by atoms with Gasteiger partial charge in [-0.25, -0.2) is 13.1 Å². The molecule has 1 fully saturated rings. The average molecular weight is 320 g/mol. The molecule has 0 aliphatic carbocycles. The van der Waals surface area contributed by atoms with Gasteiger partial charge in [0, 0.05) is 25.1 Å². The Labute approximate surface area is 130 Å². The first-order chi connectivity index (χ1) is 10.6. The third-order valence-electron chi connectivity index (χ3n) is 4.18.